The molecule has 2 aliphatic heterocycles. The smallest absolute Gasteiger partial charge is 0.166 e. The third kappa shape index (κ3) is 2.12. The summed E-state index contributed by atoms with van der Waals surface area (Å²) >= 11 is 2.10. The molecule has 2 unspecified atom stereocenters. The highest BCUT2D eigenvalue weighted by Gasteiger charge is 2.37. The van der Waals surface area contributed by atoms with Crippen LogP contribution in [-0.4, -0.2) is 26.3 Å². The predicted molar refractivity (Wildman–Crippen MR) is 81.0 cm³/mol. The minimum Gasteiger partial charge on any atom is -0.294 e. The molecule has 0 radical (unpaired) electrons. The fourth-order valence-electron chi connectivity index (χ4n) is 3.42. The van der Waals surface area contributed by atoms with Crippen LogP contribution in [0, 0.1) is 5.92 Å². The van der Waals surface area contributed by atoms with E-state index in [0.29, 0.717) is 16.3 Å². The van der Waals surface area contributed by atoms with E-state index in [9.17, 15) is 4.79 Å². The number of ketones is 1. The first-order valence-corrected chi connectivity index (χ1v) is 8.14. The van der Waals surface area contributed by atoms with E-state index in [-0.39, 0.29) is 5.92 Å². The van der Waals surface area contributed by atoms with E-state index in [4.69, 9.17) is 0 Å². The summed E-state index contributed by atoms with van der Waals surface area (Å²) in [4.78, 5) is 21.2. The number of hydrogen-bond donors (Lipinski definition) is 0. The van der Waals surface area contributed by atoms with Crippen molar-refractivity contribution in [3.8, 4) is 0 Å². The van der Waals surface area contributed by atoms with Crippen LogP contribution in [0.2, 0.25) is 0 Å². The molecule has 3 heterocycles. The Balaban J connectivity index is 1.63. The minimum atomic E-state index is 0.211. The predicted octanol–water partition coefficient (Wildman–Crippen LogP) is 3.49. The van der Waals surface area contributed by atoms with E-state index in [1.165, 1.54) is 12.8 Å². The monoisotopic (exact) mass is 284 g/mol. The average molecular weight is 284 g/mol. The molecule has 2 saturated heterocycles. The van der Waals surface area contributed by atoms with Crippen molar-refractivity contribution < 1.29 is 4.79 Å². The number of Topliss-reactive ketones (excluding diaryl/α,β-unsaturated/α-hetero) is 1. The Morgan fingerprint density at radius 3 is 2.50 bits per heavy atom. The van der Waals surface area contributed by atoms with Gasteiger partial charge < -0.3 is 0 Å². The lowest BCUT2D eigenvalue weighted by atomic mass is 9.90. The molecule has 2 bridgehead atoms. The van der Waals surface area contributed by atoms with Crippen molar-refractivity contribution in [2.75, 3.05) is 0 Å². The zero-order valence-corrected chi connectivity index (χ0v) is 12.0. The van der Waals surface area contributed by atoms with Crippen molar-refractivity contribution in [1.29, 1.82) is 0 Å². The molecule has 102 valence electrons. The van der Waals surface area contributed by atoms with Crippen LogP contribution in [0.3, 0.4) is 0 Å². The van der Waals surface area contributed by atoms with E-state index in [2.05, 4.69) is 21.7 Å². The summed E-state index contributed by atoms with van der Waals surface area (Å²) in [6.45, 7) is 0. The number of thioether (sulfide) groups is 1. The van der Waals surface area contributed by atoms with Crippen LogP contribution in [0.15, 0.2) is 30.6 Å². The summed E-state index contributed by atoms with van der Waals surface area (Å²) in [7, 11) is 0. The minimum absolute atomic E-state index is 0.211. The zero-order valence-electron chi connectivity index (χ0n) is 11.2. The topological polar surface area (TPSA) is 42.9 Å². The van der Waals surface area contributed by atoms with Crippen LogP contribution in [0.1, 0.15) is 36.0 Å². The van der Waals surface area contributed by atoms with Gasteiger partial charge in [0.05, 0.1) is 11.0 Å². The first-order valence-electron chi connectivity index (χ1n) is 7.20. The van der Waals surface area contributed by atoms with Gasteiger partial charge in [-0.1, -0.05) is 0 Å². The molecule has 2 atom stereocenters. The average Bonchev–Trinajstić information content (AvgIpc) is 2.84. The number of rotatable bonds is 2. The largest absolute Gasteiger partial charge is 0.294 e. The second-order valence-corrected chi connectivity index (χ2v) is 7.36. The standard InChI is InChI=1S/C16H16N2OS/c19-16(11-7-12-2-3-13(8-11)20-12)10-1-4-14-15(9-10)18-6-5-17-14/h1,4-6,9,11-13H,2-3,7-8H2. The maximum Gasteiger partial charge on any atom is 0.166 e. The van der Waals surface area contributed by atoms with Gasteiger partial charge in [0.1, 0.15) is 0 Å². The van der Waals surface area contributed by atoms with Crippen molar-refractivity contribution in [3.63, 3.8) is 0 Å². The molecule has 0 amide bonds. The second kappa shape index (κ2) is 4.85. The molecule has 2 fully saturated rings. The van der Waals surface area contributed by atoms with Crippen LogP contribution in [0.4, 0.5) is 0 Å². The third-order valence-corrected chi connectivity index (χ3v) is 6.04. The molecule has 4 rings (SSSR count). The molecular weight excluding hydrogens is 268 g/mol. The quantitative estimate of drug-likeness (QED) is 0.792. The third-order valence-electron chi connectivity index (χ3n) is 4.41. The van der Waals surface area contributed by atoms with Crippen molar-refractivity contribution in [2.45, 2.75) is 36.2 Å². The van der Waals surface area contributed by atoms with Gasteiger partial charge in [-0.05, 0) is 43.9 Å². The highest BCUT2D eigenvalue weighted by Crippen LogP contribution is 2.46. The molecule has 20 heavy (non-hydrogen) atoms. The Morgan fingerprint density at radius 2 is 1.75 bits per heavy atom. The van der Waals surface area contributed by atoms with Gasteiger partial charge in [0.2, 0.25) is 0 Å². The Hall–Kier alpha value is -1.42. The highest BCUT2D eigenvalue weighted by molar-refractivity contribution is 8.00. The van der Waals surface area contributed by atoms with E-state index < -0.39 is 0 Å². The van der Waals surface area contributed by atoms with Gasteiger partial charge >= 0.3 is 0 Å². The Bertz CT molecular complexity index is 660. The SMILES string of the molecule is O=C(c1ccc2nccnc2c1)C1CC2CCC(C1)S2. The number of nitrogens with zero attached hydrogens (tertiary/aromatic N) is 2. The molecule has 1 aromatic heterocycles. The molecular formula is C16H16N2OS. The van der Waals surface area contributed by atoms with Crippen molar-refractivity contribution in [2.24, 2.45) is 5.92 Å². The molecule has 2 aromatic rings. The first kappa shape index (κ1) is 12.3. The van der Waals surface area contributed by atoms with E-state index in [1.807, 2.05) is 18.2 Å². The zero-order chi connectivity index (χ0) is 13.5. The molecule has 0 N–H and O–H groups in total. The number of carbonyl (C=O) groups is 1. The maximum absolute atomic E-state index is 12.7. The molecule has 4 heteroatoms. The first-order chi connectivity index (χ1) is 9.79. The molecule has 0 saturated carbocycles. The fraction of sp³-hybridized carbons (Fsp3) is 0.438. The van der Waals surface area contributed by atoms with Gasteiger partial charge in [-0.15, -0.1) is 0 Å². The van der Waals surface area contributed by atoms with E-state index in [0.717, 1.165) is 29.4 Å². The highest BCUT2D eigenvalue weighted by atomic mass is 32.2. The second-order valence-electron chi connectivity index (χ2n) is 5.75. The molecule has 0 spiro atoms. The summed E-state index contributed by atoms with van der Waals surface area (Å²) < 4.78 is 0. The van der Waals surface area contributed by atoms with E-state index in [1.54, 1.807) is 12.4 Å². The van der Waals surface area contributed by atoms with Gasteiger partial charge in [0.25, 0.3) is 0 Å². The lowest BCUT2D eigenvalue weighted by Gasteiger charge is -2.26. The van der Waals surface area contributed by atoms with Crippen LogP contribution in [0.5, 0.6) is 0 Å². The maximum atomic E-state index is 12.7. The normalized spacial score (nSPS) is 28.7. The van der Waals surface area contributed by atoms with Gasteiger partial charge in [-0.25, -0.2) is 0 Å². The van der Waals surface area contributed by atoms with Gasteiger partial charge in [-0.2, -0.15) is 11.8 Å². The van der Waals surface area contributed by atoms with Crippen LogP contribution in [-0.2, 0) is 0 Å². The van der Waals surface area contributed by atoms with Gasteiger partial charge in [-0.3, -0.25) is 14.8 Å². The number of carbonyl (C=O) groups excluding carboxylic acids is 1. The number of fused-ring (bicyclic) bond motifs is 3. The van der Waals surface area contributed by atoms with Gasteiger partial charge in [0.15, 0.2) is 5.78 Å². The van der Waals surface area contributed by atoms with Crippen LogP contribution in [0.25, 0.3) is 11.0 Å². The molecule has 1 aromatic carbocycles. The Morgan fingerprint density at radius 1 is 1.05 bits per heavy atom. The summed E-state index contributed by atoms with van der Waals surface area (Å²) in [6.07, 6.45) is 8.05. The summed E-state index contributed by atoms with van der Waals surface area (Å²) in [6, 6.07) is 5.71. The lowest BCUT2D eigenvalue weighted by molar-refractivity contribution is 0.0907. The van der Waals surface area contributed by atoms with Gasteiger partial charge in [0, 0.05) is 34.4 Å². The molecule has 0 aliphatic carbocycles. The van der Waals surface area contributed by atoms with Crippen molar-refractivity contribution in [3.05, 3.63) is 36.2 Å². The van der Waals surface area contributed by atoms with Crippen molar-refractivity contribution in [1.82, 2.24) is 9.97 Å². The number of aromatic nitrogens is 2. The lowest BCUT2D eigenvalue weighted by Crippen LogP contribution is -2.24. The Kier molecular flexibility index (Phi) is 2.99. The number of hydrogen-bond acceptors (Lipinski definition) is 4. The van der Waals surface area contributed by atoms with Crippen LogP contribution >= 0.6 is 11.8 Å². The summed E-state index contributed by atoms with van der Waals surface area (Å²) in [5.41, 5.74) is 2.46. The Labute approximate surface area is 122 Å². The van der Waals surface area contributed by atoms with Crippen LogP contribution < -0.4 is 0 Å². The summed E-state index contributed by atoms with van der Waals surface area (Å²) in [5, 5.41) is 1.42. The van der Waals surface area contributed by atoms with E-state index >= 15 is 0 Å². The molecule has 3 nitrogen and oxygen atoms in total. The molecule has 2 aliphatic rings. The fourth-order valence-corrected chi connectivity index (χ4v) is 5.20. The van der Waals surface area contributed by atoms with Crippen molar-refractivity contribution >= 4 is 28.6 Å². The number of benzene rings is 1. The summed E-state index contributed by atoms with van der Waals surface area (Å²) in [5.74, 6) is 0.512.